The molecule has 150 valence electrons. The van der Waals surface area contributed by atoms with E-state index in [2.05, 4.69) is 67.6 Å². The molecule has 5 heteroatoms. The number of rotatable bonds is 4. The highest BCUT2D eigenvalue weighted by Gasteiger charge is 2.51. The normalized spacial score (nSPS) is 34.0. The average molecular weight is 365 g/mol. The summed E-state index contributed by atoms with van der Waals surface area (Å²) in [5.41, 5.74) is -0.999. The third kappa shape index (κ3) is 4.65. The monoisotopic (exact) mass is 365 g/mol. The Kier molecular flexibility index (Phi) is 5.96. The first kappa shape index (κ1) is 21.8. The molecule has 1 amide bonds. The molecule has 4 nitrogen and oxygen atoms in total. The predicted molar refractivity (Wildman–Crippen MR) is 108 cm³/mol. The van der Waals surface area contributed by atoms with Gasteiger partial charge in [0.1, 0.15) is 0 Å². The van der Waals surface area contributed by atoms with Gasteiger partial charge >= 0.3 is 7.12 Å². The van der Waals surface area contributed by atoms with Crippen molar-refractivity contribution in [3.05, 3.63) is 0 Å². The fraction of sp³-hybridized carbons (Fsp3) is 0.952. The van der Waals surface area contributed by atoms with E-state index in [-0.39, 0.29) is 35.2 Å². The lowest BCUT2D eigenvalue weighted by atomic mass is 9.62. The Hall–Kier alpha value is -0.545. The van der Waals surface area contributed by atoms with Crippen molar-refractivity contribution < 1.29 is 14.1 Å². The van der Waals surface area contributed by atoms with Gasteiger partial charge in [-0.2, -0.15) is 0 Å². The van der Waals surface area contributed by atoms with Crippen molar-refractivity contribution in [3.63, 3.8) is 0 Å². The van der Waals surface area contributed by atoms with Gasteiger partial charge in [-0.05, 0) is 79.5 Å². The van der Waals surface area contributed by atoms with Crippen LogP contribution in [0.15, 0.2) is 0 Å². The summed E-state index contributed by atoms with van der Waals surface area (Å²) in [7, 11) is -0.131. The van der Waals surface area contributed by atoms with Crippen LogP contribution >= 0.6 is 0 Å². The molecule has 1 saturated heterocycles. The molecule has 0 aromatic heterocycles. The molecule has 1 aliphatic carbocycles. The van der Waals surface area contributed by atoms with Gasteiger partial charge in [-0.25, -0.2) is 0 Å². The number of hydrogen-bond donors (Lipinski definition) is 1. The summed E-state index contributed by atoms with van der Waals surface area (Å²) >= 11 is 0. The minimum absolute atomic E-state index is 0.131. The predicted octanol–water partition coefficient (Wildman–Crippen LogP) is 4.83. The van der Waals surface area contributed by atoms with Crippen LogP contribution in [0.1, 0.15) is 88.0 Å². The van der Waals surface area contributed by atoms with Gasteiger partial charge in [-0.3, -0.25) is 4.79 Å². The second-order valence-corrected chi connectivity index (χ2v) is 10.9. The van der Waals surface area contributed by atoms with Crippen LogP contribution in [0.25, 0.3) is 0 Å². The number of amides is 1. The zero-order valence-corrected chi connectivity index (χ0v) is 18.5. The smallest absolute Gasteiger partial charge is 0.403 e. The van der Waals surface area contributed by atoms with Gasteiger partial charge < -0.3 is 14.6 Å². The highest BCUT2D eigenvalue weighted by atomic mass is 16.7. The molecule has 1 N–H and O–H groups in total. The molecule has 1 saturated carbocycles. The maximum Gasteiger partial charge on any atom is 0.457 e. The Morgan fingerprint density at radius 1 is 1.08 bits per heavy atom. The van der Waals surface area contributed by atoms with Crippen LogP contribution in [0.5, 0.6) is 0 Å². The Bertz CT molecular complexity index is 510. The maximum absolute atomic E-state index is 13.0. The number of nitrogens with one attached hydrogen (secondary N) is 1. The van der Waals surface area contributed by atoms with E-state index in [0.717, 1.165) is 25.6 Å². The van der Waals surface area contributed by atoms with Crippen LogP contribution in [-0.4, -0.2) is 29.8 Å². The zero-order valence-electron chi connectivity index (χ0n) is 18.5. The molecule has 2 aliphatic rings. The Balaban J connectivity index is 1.95. The van der Waals surface area contributed by atoms with Crippen LogP contribution < -0.4 is 5.32 Å². The van der Waals surface area contributed by atoms with Crippen molar-refractivity contribution in [2.24, 2.45) is 17.3 Å². The van der Waals surface area contributed by atoms with Crippen LogP contribution in [0, 0.1) is 17.3 Å². The van der Waals surface area contributed by atoms with E-state index >= 15 is 0 Å². The van der Waals surface area contributed by atoms with Crippen molar-refractivity contribution in [3.8, 4) is 0 Å². The average Bonchev–Trinajstić information content (AvgIpc) is 2.66. The quantitative estimate of drug-likeness (QED) is 0.726. The molecule has 2 rings (SSSR count). The second kappa shape index (κ2) is 7.12. The molecule has 26 heavy (non-hydrogen) atoms. The summed E-state index contributed by atoms with van der Waals surface area (Å²) in [6.07, 6.45) is 5.22. The van der Waals surface area contributed by atoms with E-state index in [0.29, 0.717) is 11.8 Å². The van der Waals surface area contributed by atoms with Gasteiger partial charge in [-0.15, -0.1) is 0 Å². The molecular weight excluding hydrogens is 325 g/mol. The van der Waals surface area contributed by atoms with E-state index in [9.17, 15) is 4.79 Å². The van der Waals surface area contributed by atoms with Crippen LogP contribution in [0.3, 0.4) is 0 Å². The van der Waals surface area contributed by atoms with Gasteiger partial charge in [0.15, 0.2) is 0 Å². The Labute approximate surface area is 161 Å². The first-order chi connectivity index (χ1) is 11.7. The van der Waals surface area contributed by atoms with Gasteiger partial charge in [-0.1, -0.05) is 26.7 Å². The molecule has 3 atom stereocenters. The lowest BCUT2D eigenvalue weighted by molar-refractivity contribution is -0.137. The first-order valence-electron chi connectivity index (χ1n) is 10.3. The Morgan fingerprint density at radius 2 is 1.62 bits per heavy atom. The fourth-order valence-corrected chi connectivity index (χ4v) is 4.21. The van der Waals surface area contributed by atoms with E-state index in [1.54, 1.807) is 0 Å². The number of hydrogen-bond acceptors (Lipinski definition) is 3. The summed E-state index contributed by atoms with van der Waals surface area (Å²) < 4.78 is 12.3. The van der Waals surface area contributed by atoms with E-state index in [1.165, 1.54) is 6.42 Å². The molecule has 0 radical (unpaired) electrons. The molecule has 1 heterocycles. The molecular formula is C21H40BNO3. The molecule has 1 aliphatic heterocycles. The maximum atomic E-state index is 13.0. The standard InChI is InChI=1S/C21H40BNO3/c1-15-10-11-16(14-21(15,9)17(24)23-18(2,3)4)12-13-22-25-19(5,6)20(7,8)26-22/h15-16H,10-14H2,1-9H3,(H,23,24)/t15-,16+,21-/m1/s1. The molecule has 2 fully saturated rings. The third-order valence-electron chi connectivity index (χ3n) is 6.93. The highest BCUT2D eigenvalue weighted by Crippen LogP contribution is 2.46. The lowest BCUT2D eigenvalue weighted by Crippen LogP contribution is -2.52. The molecule has 0 aromatic carbocycles. The summed E-state index contributed by atoms with van der Waals surface area (Å²) in [6.45, 7) is 18.9. The van der Waals surface area contributed by atoms with E-state index in [4.69, 9.17) is 9.31 Å². The van der Waals surface area contributed by atoms with Gasteiger partial charge in [0, 0.05) is 11.0 Å². The van der Waals surface area contributed by atoms with Crippen molar-refractivity contribution >= 4 is 13.0 Å². The highest BCUT2D eigenvalue weighted by molar-refractivity contribution is 6.45. The molecule has 0 spiro atoms. The van der Waals surface area contributed by atoms with Crippen LogP contribution in [0.4, 0.5) is 0 Å². The van der Waals surface area contributed by atoms with Crippen LogP contribution in [0.2, 0.25) is 6.32 Å². The second-order valence-electron chi connectivity index (χ2n) is 10.9. The van der Waals surface area contributed by atoms with Crippen molar-refractivity contribution in [2.75, 3.05) is 0 Å². The van der Waals surface area contributed by atoms with Gasteiger partial charge in [0.25, 0.3) is 0 Å². The summed E-state index contributed by atoms with van der Waals surface area (Å²) in [5.74, 6) is 1.18. The molecule has 0 unspecified atom stereocenters. The zero-order chi connectivity index (χ0) is 20.0. The third-order valence-corrected chi connectivity index (χ3v) is 6.93. The SMILES string of the molecule is C[C@@H]1CC[C@@H](CCB2OC(C)(C)C(C)(C)O2)C[C@@]1(C)C(=O)NC(C)(C)C. The topological polar surface area (TPSA) is 47.6 Å². The molecule has 0 bridgehead atoms. The number of carbonyl (C=O) groups excluding carboxylic acids is 1. The van der Waals surface area contributed by atoms with Crippen molar-refractivity contribution in [1.82, 2.24) is 5.32 Å². The molecule has 0 aromatic rings. The number of carbonyl (C=O) groups is 1. The van der Waals surface area contributed by atoms with Crippen molar-refractivity contribution in [2.45, 2.75) is 111 Å². The largest absolute Gasteiger partial charge is 0.457 e. The van der Waals surface area contributed by atoms with Crippen LogP contribution in [-0.2, 0) is 14.1 Å². The minimum Gasteiger partial charge on any atom is -0.403 e. The van der Waals surface area contributed by atoms with E-state index in [1.807, 2.05) is 0 Å². The fourth-order valence-electron chi connectivity index (χ4n) is 4.21. The van der Waals surface area contributed by atoms with E-state index < -0.39 is 0 Å². The summed E-state index contributed by atoms with van der Waals surface area (Å²) in [5, 5.41) is 3.21. The van der Waals surface area contributed by atoms with Crippen molar-refractivity contribution in [1.29, 1.82) is 0 Å². The Morgan fingerprint density at radius 3 is 2.12 bits per heavy atom. The summed E-state index contributed by atoms with van der Waals surface area (Å²) in [4.78, 5) is 13.0. The first-order valence-corrected chi connectivity index (χ1v) is 10.3. The van der Waals surface area contributed by atoms with Gasteiger partial charge in [0.05, 0.1) is 11.2 Å². The minimum atomic E-state index is -0.286. The summed E-state index contributed by atoms with van der Waals surface area (Å²) in [6, 6.07) is 0. The lowest BCUT2D eigenvalue weighted by Gasteiger charge is -2.43. The van der Waals surface area contributed by atoms with Gasteiger partial charge in [0.2, 0.25) is 5.91 Å².